The van der Waals surface area contributed by atoms with Crippen LogP contribution in [-0.2, 0) is 26.1 Å². The number of piperidine rings is 1. The summed E-state index contributed by atoms with van der Waals surface area (Å²) in [4.78, 5) is 15.7. The van der Waals surface area contributed by atoms with Gasteiger partial charge in [-0.3, -0.25) is 10.1 Å². The lowest BCUT2D eigenvalue weighted by molar-refractivity contribution is -0.204. The third kappa shape index (κ3) is 3.60. The zero-order chi connectivity index (χ0) is 25.3. The number of likely N-dealkylation sites (N-methyl/N-ethyl adjacent to an activating group) is 1. The van der Waals surface area contributed by atoms with E-state index >= 15 is 0 Å². The second-order valence-electron chi connectivity index (χ2n) is 12.5. The van der Waals surface area contributed by atoms with Gasteiger partial charge >= 0.3 is 5.97 Å². The van der Waals surface area contributed by atoms with Gasteiger partial charge in [0, 0.05) is 24.8 Å². The molecule has 2 aliphatic carbocycles. The standard InChI is InChI=1S/C28H42N2O5/c1-16(2)14-19(25(32)35-26(3,4)5)29-18-10-11-28(33-7)21-15-17-8-9-20(31)23-22(17)27(28,24(18)34-23)12-13-30(21)6/h8-9,16,18-19,21,24,29,31H,10-15H2,1-7H3/t18?,19-,21+,24?,27-,28+/m0/s1. The molecule has 2 N–H and O–H groups in total. The highest BCUT2D eigenvalue weighted by atomic mass is 16.6. The number of hydrogen-bond acceptors (Lipinski definition) is 7. The number of nitrogens with zero attached hydrogens (tertiary/aromatic N) is 1. The molecule has 2 bridgehead atoms. The van der Waals surface area contributed by atoms with Crippen LogP contribution in [0.1, 0.15) is 71.4 Å². The lowest BCUT2D eigenvalue weighted by Crippen LogP contribution is -2.78. The van der Waals surface area contributed by atoms with E-state index < -0.39 is 17.2 Å². The van der Waals surface area contributed by atoms with Crippen LogP contribution in [0.5, 0.6) is 11.5 Å². The van der Waals surface area contributed by atoms with Crippen LogP contribution in [0.25, 0.3) is 0 Å². The summed E-state index contributed by atoms with van der Waals surface area (Å²) >= 11 is 0. The molecule has 6 atom stereocenters. The maximum atomic E-state index is 13.2. The van der Waals surface area contributed by atoms with Crippen LogP contribution in [0.15, 0.2) is 12.1 Å². The van der Waals surface area contributed by atoms with Crippen molar-refractivity contribution in [3.8, 4) is 11.5 Å². The minimum Gasteiger partial charge on any atom is -0.504 e. The van der Waals surface area contributed by atoms with Crippen molar-refractivity contribution in [1.82, 2.24) is 10.2 Å². The summed E-state index contributed by atoms with van der Waals surface area (Å²) in [6, 6.07) is 3.59. The zero-order valence-electron chi connectivity index (χ0n) is 22.3. The van der Waals surface area contributed by atoms with E-state index in [2.05, 4.69) is 37.2 Å². The molecular formula is C28H42N2O5. The van der Waals surface area contributed by atoms with E-state index in [0.29, 0.717) is 18.1 Å². The first-order valence-corrected chi connectivity index (χ1v) is 13.2. The Labute approximate surface area is 209 Å². The molecule has 5 rings (SSSR count). The Hall–Kier alpha value is -1.83. The number of rotatable bonds is 6. The van der Waals surface area contributed by atoms with Crippen LogP contribution in [-0.4, -0.2) is 72.1 Å². The van der Waals surface area contributed by atoms with Gasteiger partial charge in [-0.15, -0.1) is 0 Å². The largest absolute Gasteiger partial charge is 0.504 e. The topological polar surface area (TPSA) is 80.3 Å². The number of ether oxygens (including phenoxy) is 3. The highest BCUT2D eigenvalue weighted by Gasteiger charge is 2.73. The molecule has 4 aliphatic rings. The molecule has 1 saturated carbocycles. The fraction of sp³-hybridized carbons (Fsp3) is 0.750. The minimum atomic E-state index is -0.546. The van der Waals surface area contributed by atoms with Gasteiger partial charge in [0.2, 0.25) is 0 Å². The summed E-state index contributed by atoms with van der Waals surface area (Å²) in [7, 11) is 4.04. The van der Waals surface area contributed by atoms with E-state index in [1.807, 2.05) is 27.9 Å². The van der Waals surface area contributed by atoms with Gasteiger partial charge in [0.25, 0.3) is 0 Å². The predicted molar refractivity (Wildman–Crippen MR) is 134 cm³/mol. The van der Waals surface area contributed by atoms with Crippen molar-refractivity contribution in [2.24, 2.45) is 5.92 Å². The third-order valence-corrected chi connectivity index (χ3v) is 8.87. The number of aromatic hydroxyl groups is 1. The molecule has 2 fully saturated rings. The number of carbonyl (C=O) groups excluding carboxylic acids is 1. The number of phenols is 1. The Morgan fingerprint density at radius 3 is 2.71 bits per heavy atom. The molecule has 2 heterocycles. The molecule has 0 aromatic heterocycles. The molecule has 2 unspecified atom stereocenters. The second-order valence-corrected chi connectivity index (χ2v) is 12.5. The number of carbonyl (C=O) groups is 1. The SMILES string of the molecule is CO[C@@]12CCC(N[C@@H](CC(C)C)C(=O)OC(C)(C)C)C3Oc4c(O)ccc5c4[C@@]31CCN(C)[C@@H]2C5. The van der Waals surface area contributed by atoms with Crippen molar-refractivity contribution in [2.75, 3.05) is 20.7 Å². The predicted octanol–water partition coefficient (Wildman–Crippen LogP) is 3.54. The van der Waals surface area contributed by atoms with Crippen molar-refractivity contribution >= 4 is 5.97 Å². The van der Waals surface area contributed by atoms with Crippen molar-refractivity contribution in [3.63, 3.8) is 0 Å². The molecule has 1 aromatic carbocycles. The number of hydrogen-bond donors (Lipinski definition) is 2. The second kappa shape index (κ2) is 8.35. The maximum Gasteiger partial charge on any atom is 0.323 e. The first-order chi connectivity index (χ1) is 16.4. The van der Waals surface area contributed by atoms with Gasteiger partial charge in [-0.1, -0.05) is 19.9 Å². The first kappa shape index (κ1) is 24.8. The smallest absolute Gasteiger partial charge is 0.323 e. The van der Waals surface area contributed by atoms with Crippen molar-refractivity contribution in [3.05, 3.63) is 23.3 Å². The maximum absolute atomic E-state index is 13.2. The molecule has 35 heavy (non-hydrogen) atoms. The monoisotopic (exact) mass is 486 g/mol. The van der Waals surface area contributed by atoms with Crippen molar-refractivity contribution in [1.29, 1.82) is 0 Å². The molecule has 7 nitrogen and oxygen atoms in total. The molecule has 1 spiro atoms. The lowest BCUT2D eigenvalue weighted by Gasteiger charge is -2.65. The highest BCUT2D eigenvalue weighted by molar-refractivity contribution is 5.76. The quantitative estimate of drug-likeness (QED) is 0.596. The Bertz CT molecular complexity index is 1000. The third-order valence-electron chi connectivity index (χ3n) is 8.87. The lowest BCUT2D eigenvalue weighted by atomic mass is 9.48. The van der Waals surface area contributed by atoms with Crippen LogP contribution in [0.3, 0.4) is 0 Å². The number of likely N-dealkylation sites (tertiary alicyclic amines) is 1. The van der Waals surface area contributed by atoms with Gasteiger partial charge < -0.3 is 24.2 Å². The van der Waals surface area contributed by atoms with E-state index in [1.165, 1.54) is 5.56 Å². The fourth-order valence-corrected chi connectivity index (χ4v) is 7.65. The summed E-state index contributed by atoms with van der Waals surface area (Å²) in [5, 5.41) is 14.5. The molecule has 194 valence electrons. The molecule has 0 amide bonds. The number of nitrogens with one attached hydrogen (secondary N) is 1. The van der Waals surface area contributed by atoms with Gasteiger partial charge in [0.15, 0.2) is 11.5 Å². The van der Waals surface area contributed by atoms with Crippen LogP contribution in [0.4, 0.5) is 0 Å². The average Bonchev–Trinajstić information content (AvgIpc) is 3.13. The van der Waals surface area contributed by atoms with Gasteiger partial charge in [-0.25, -0.2) is 0 Å². The Morgan fingerprint density at radius 1 is 1.31 bits per heavy atom. The molecule has 0 radical (unpaired) electrons. The van der Waals surface area contributed by atoms with Crippen LogP contribution in [0, 0.1) is 5.92 Å². The van der Waals surface area contributed by atoms with Crippen LogP contribution in [0.2, 0.25) is 0 Å². The van der Waals surface area contributed by atoms with Gasteiger partial charge in [0.1, 0.15) is 17.7 Å². The highest BCUT2D eigenvalue weighted by Crippen LogP contribution is 2.66. The van der Waals surface area contributed by atoms with E-state index in [9.17, 15) is 9.90 Å². The van der Waals surface area contributed by atoms with Gasteiger partial charge in [-0.2, -0.15) is 0 Å². The van der Waals surface area contributed by atoms with E-state index in [4.69, 9.17) is 14.2 Å². The summed E-state index contributed by atoms with van der Waals surface area (Å²) < 4.78 is 19.0. The fourth-order valence-electron chi connectivity index (χ4n) is 7.65. The number of phenolic OH excluding ortho intramolecular Hbond substituents is 1. The zero-order valence-corrected chi connectivity index (χ0v) is 22.3. The summed E-state index contributed by atoms with van der Waals surface area (Å²) in [5.74, 6) is 0.929. The summed E-state index contributed by atoms with van der Waals surface area (Å²) in [6.45, 7) is 10.9. The van der Waals surface area contributed by atoms with Crippen LogP contribution < -0.4 is 10.1 Å². The minimum absolute atomic E-state index is 0.0589. The van der Waals surface area contributed by atoms with Gasteiger partial charge in [-0.05, 0) is 84.0 Å². The molecule has 7 heteroatoms. The van der Waals surface area contributed by atoms with Crippen molar-refractivity contribution < 1.29 is 24.1 Å². The average molecular weight is 487 g/mol. The number of esters is 1. The number of methoxy groups -OCH3 is 1. The Morgan fingerprint density at radius 2 is 2.06 bits per heavy atom. The van der Waals surface area contributed by atoms with Crippen LogP contribution >= 0.6 is 0 Å². The van der Waals surface area contributed by atoms with Crippen molar-refractivity contribution in [2.45, 2.75) is 108 Å². The molecule has 1 aromatic rings. The summed E-state index contributed by atoms with van der Waals surface area (Å²) in [5.41, 5.74) is 1.07. The number of benzene rings is 1. The van der Waals surface area contributed by atoms with Gasteiger partial charge in [0.05, 0.1) is 11.0 Å². The van der Waals surface area contributed by atoms with E-state index in [0.717, 1.165) is 37.8 Å². The summed E-state index contributed by atoms with van der Waals surface area (Å²) in [6.07, 6.45) is 3.93. The van der Waals surface area contributed by atoms with E-state index in [-0.39, 0.29) is 35.3 Å². The molecule has 2 aliphatic heterocycles. The first-order valence-electron chi connectivity index (χ1n) is 13.2. The Balaban J connectivity index is 1.56. The normalized spacial score (nSPS) is 34.3. The molecule has 1 saturated heterocycles. The van der Waals surface area contributed by atoms with E-state index in [1.54, 1.807) is 6.07 Å². The molecular weight excluding hydrogens is 444 g/mol. The Kier molecular flexibility index (Phi) is 5.93.